The number of para-hydroxylation sites is 1. The van der Waals surface area contributed by atoms with Crippen LogP contribution >= 0.6 is 0 Å². The van der Waals surface area contributed by atoms with Crippen molar-refractivity contribution < 1.29 is 5.11 Å². The van der Waals surface area contributed by atoms with E-state index in [1.54, 1.807) is 0 Å². The van der Waals surface area contributed by atoms with Crippen molar-refractivity contribution in [1.29, 1.82) is 5.26 Å². The Bertz CT molecular complexity index is 422. The molecule has 0 aromatic heterocycles. The van der Waals surface area contributed by atoms with Crippen LogP contribution in [0.3, 0.4) is 0 Å². The lowest BCUT2D eigenvalue weighted by Gasteiger charge is -2.30. The monoisotopic (exact) mass is 246 g/mol. The molecule has 0 heterocycles. The van der Waals surface area contributed by atoms with Gasteiger partial charge in [0.2, 0.25) is 0 Å². The molecule has 0 bridgehead atoms. The molecule has 3 heteroatoms. The van der Waals surface area contributed by atoms with Crippen LogP contribution in [0.4, 0.5) is 5.69 Å². The minimum atomic E-state index is -0.102. The number of aliphatic hydroxyl groups excluding tert-OH is 1. The number of anilines is 1. The van der Waals surface area contributed by atoms with Gasteiger partial charge in [0.15, 0.2) is 0 Å². The van der Waals surface area contributed by atoms with Crippen molar-refractivity contribution in [3.05, 3.63) is 29.3 Å². The summed E-state index contributed by atoms with van der Waals surface area (Å²) < 4.78 is 0. The molecule has 0 aliphatic carbocycles. The molecule has 0 saturated carbocycles. The van der Waals surface area contributed by atoms with Crippen LogP contribution < -0.4 is 5.32 Å². The predicted molar refractivity (Wildman–Crippen MR) is 74.5 cm³/mol. The maximum atomic E-state index is 9.55. The van der Waals surface area contributed by atoms with Crippen molar-refractivity contribution in [1.82, 2.24) is 0 Å². The van der Waals surface area contributed by atoms with Crippen LogP contribution in [-0.2, 0) is 0 Å². The van der Waals surface area contributed by atoms with E-state index in [4.69, 9.17) is 5.26 Å². The van der Waals surface area contributed by atoms with E-state index in [0.717, 1.165) is 24.1 Å². The fourth-order valence-electron chi connectivity index (χ4n) is 2.05. The minimum Gasteiger partial charge on any atom is -0.396 e. The molecular formula is C15H22N2O. The molecule has 0 saturated heterocycles. The second kappa shape index (κ2) is 6.42. The first-order valence-corrected chi connectivity index (χ1v) is 6.47. The molecule has 0 fully saturated rings. The average molecular weight is 246 g/mol. The van der Waals surface area contributed by atoms with Crippen molar-refractivity contribution >= 4 is 5.69 Å². The van der Waals surface area contributed by atoms with Gasteiger partial charge in [0.25, 0.3) is 0 Å². The van der Waals surface area contributed by atoms with Crippen molar-refractivity contribution in [2.75, 3.05) is 18.5 Å². The van der Waals surface area contributed by atoms with Gasteiger partial charge in [0, 0.05) is 12.0 Å². The van der Waals surface area contributed by atoms with E-state index in [1.165, 1.54) is 0 Å². The Morgan fingerprint density at radius 2 is 2.00 bits per heavy atom. The van der Waals surface area contributed by atoms with E-state index >= 15 is 0 Å². The van der Waals surface area contributed by atoms with Crippen LogP contribution in [0.2, 0.25) is 0 Å². The second-order valence-electron chi connectivity index (χ2n) is 4.83. The first-order chi connectivity index (χ1) is 8.62. The summed E-state index contributed by atoms with van der Waals surface area (Å²) in [6.07, 6.45) is 1.83. The van der Waals surface area contributed by atoms with Gasteiger partial charge in [-0.1, -0.05) is 26.0 Å². The fraction of sp³-hybridized carbons (Fsp3) is 0.533. The molecule has 18 heavy (non-hydrogen) atoms. The Labute approximate surface area is 109 Å². The summed E-state index contributed by atoms with van der Waals surface area (Å²) in [6.45, 7) is 7.02. The number of nitriles is 1. The molecule has 2 N–H and O–H groups in total. The number of hydrogen-bond acceptors (Lipinski definition) is 3. The van der Waals surface area contributed by atoms with Gasteiger partial charge in [-0.2, -0.15) is 5.26 Å². The van der Waals surface area contributed by atoms with Gasteiger partial charge in [-0.05, 0) is 31.4 Å². The summed E-state index contributed by atoms with van der Waals surface area (Å²) in [5, 5.41) is 22.0. The molecule has 0 aliphatic rings. The zero-order chi connectivity index (χ0) is 13.6. The van der Waals surface area contributed by atoms with Gasteiger partial charge in [-0.25, -0.2) is 0 Å². The number of aliphatic hydroxyl groups is 1. The number of benzene rings is 1. The summed E-state index contributed by atoms with van der Waals surface area (Å²) in [4.78, 5) is 0. The van der Waals surface area contributed by atoms with Gasteiger partial charge in [0.1, 0.15) is 6.07 Å². The molecule has 0 radical (unpaired) electrons. The van der Waals surface area contributed by atoms with E-state index in [0.29, 0.717) is 12.1 Å². The average Bonchev–Trinajstić information content (AvgIpc) is 2.42. The van der Waals surface area contributed by atoms with Crippen LogP contribution in [0, 0.1) is 23.7 Å². The topological polar surface area (TPSA) is 56.0 Å². The third kappa shape index (κ3) is 3.02. The lowest BCUT2D eigenvalue weighted by molar-refractivity contribution is 0.127. The van der Waals surface area contributed by atoms with E-state index in [2.05, 4.69) is 25.2 Å². The number of nitrogens with zero attached hydrogens (tertiary/aromatic N) is 1. The van der Waals surface area contributed by atoms with Crippen LogP contribution in [0.5, 0.6) is 0 Å². The lowest BCUT2D eigenvalue weighted by atomic mass is 9.83. The Morgan fingerprint density at radius 1 is 1.33 bits per heavy atom. The molecule has 98 valence electrons. The molecule has 0 unspecified atom stereocenters. The Kier molecular flexibility index (Phi) is 5.18. The fourth-order valence-corrected chi connectivity index (χ4v) is 2.05. The zero-order valence-electron chi connectivity index (χ0n) is 11.5. The van der Waals surface area contributed by atoms with Crippen LogP contribution in [0.1, 0.15) is 37.8 Å². The van der Waals surface area contributed by atoms with Gasteiger partial charge in [0.05, 0.1) is 17.9 Å². The van der Waals surface area contributed by atoms with E-state index in [9.17, 15) is 5.11 Å². The van der Waals surface area contributed by atoms with Crippen LogP contribution in [0.15, 0.2) is 18.2 Å². The zero-order valence-corrected chi connectivity index (χ0v) is 11.5. The molecule has 0 aliphatic heterocycles. The van der Waals surface area contributed by atoms with Crippen molar-refractivity contribution in [2.45, 2.75) is 33.6 Å². The molecule has 1 rings (SSSR count). The molecule has 1 aromatic carbocycles. The number of rotatable bonds is 6. The maximum absolute atomic E-state index is 9.55. The third-order valence-electron chi connectivity index (χ3n) is 3.87. The first kappa shape index (κ1) is 14.5. The SMILES string of the molecule is CCC(CC)(CO)CNc1c(C)cccc1C#N. The maximum Gasteiger partial charge on any atom is 0.101 e. The summed E-state index contributed by atoms with van der Waals surface area (Å²) in [5.41, 5.74) is 2.51. The minimum absolute atomic E-state index is 0.102. The van der Waals surface area contributed by atoms with Crippen molar-refractivity contribution in [3.8, 4) is 6.07 Å². The summed E-state index contributed by atoms with van der Waals surface area (Å²) in [6, 6.07) is 7.89. The number of hydrogen-bond donors (Lipinski definition) is 2. The smallest absolute Gasteiger partial charge is 0.101 e. The van der Waals surface area contributed by atoms with E-state index < -0.39 is 0 Å². The Balaban J connectivity index is 2.89. The number of nitrogens with one attached hydrogen (secondary N) is 1. The predicted octanol–water partition coefficient (Wildman–Crippen LogP) is 3.08. The standard InChI is InChI=1S/C15H22N2O/c1-4-15(5-2,11-18)10-17-14-12(3)7-6-8-13(14)9-16/h6-8,17-18H,4-5,10-11H2,1-3H3. The van der Waals surface area contributed by atoms with Gasteiger partial charge in [-0.3, -0.25) is 0 Å². The second-order valence-corrected chi connectivity index (χ2v) is 4.83. The molecule has 1 aromatic rings. The highest BCUT2D eigenvalue weighted by molar-refractivity contribution is 5.62. The van der Waals surface area contributed by atoms with Gasteiger partial charge in [-0.15, -0.1) is 0 Å². The van der Waals surface area contributed by atoms with E-state index in [-0.39, 0.29) is 12.0 Å². The molecular weight excluding hydrogens is 224 g/mol. The molecule has 0 atom stereocenters. The summed E-state index contributed by atoms with van der Waals surface area (Å²) in [5.74, 6) is 0. The van der Waals surface area contributed by atoms with Crippen molar-refractivity contribution in [2.24, 2.45) is 5.41 Å². The Morgan fingerprint density at radius 3 is 2.50 bits per heavy atom. The quantitative estimate of drug-likeness (QED) is 0.811. The normalized spacial score (nSPS) is 11.1. The third-order valence-corrected chi connectivity index (χ3v) is 3.87. The largest absolute Gasteiger partial charge is 0.396 e. The highest BCUT2D eigenvalue weighted by Crippen LogP contribution is 2.28. The molecule has 0 amide bonds. The van der Waals surface area contributed by atoms with Crippen LogP contribution in [0.25, 0.3) is 0 Å². The lowest BCUT2D eigenvalue weighted by Crippen LogP contribution is -2.32. The summed E-state index contributed by atoms with van der Waals surface area (Å²) >= 11 is 0. The molecule has 0 spiro atoms. The van der Waals surface area contributed by atoms with Gasteiger partial charge >= 0.3 is 0 Å². The first-order valence-electron chi connectivity index (χ1n) is 6.47. The molecule has 3 nitrogen and oxygen atoms in total. The Hall–Kier alpha value is -1.53. The highest BCUT2D eigenvalue weighted by atomic mass is 16.3. The summed E-state index contributed by atoms with van der Waals surface area (Å²) in [7, 11) is 0. The van der Waals surface area contributed by atoms with Crippen molar-refractivity contribution in [3.63, 3.8) is 0 Å². The van der Waals surface area contributed by atoms with Gasteiger partial charge < -0.3 is 10.4 Å². The van der Waals surface area contributed by atoms with E-state index in [1.807, 2.05) is 25.1 Å². The van der Waals surface area contributed by atoms with Crippen LogP contribution in [-0.4, -0.2) is 18.3 Å². The number of aryl methyl sites for hydroxylation is 1. The highest BCUT2D eigenvalue weighted by Gasteiger charge is 2.25.